The molecule has 0 radical (unpaired) electrons. The summed E-state index contributed by atoms with van der Waals surface area (Å²) in [4.78, 5) is 61.1. The number of Topliss-reactive ketones (excluding diaryl/α,β-unsaturated/α-hetero) is 1. The summed E-state index contributed by atoms with van der Waals surface area (Å²) in [5.74, 6) is -2.63. The minimum Gasteiger partial charge on any atom is -0.351 e. The molecule has 0 aliphatic carbocycles. The van der Waals surface area contributed by atoms with Crippen molar-refractivity contribution >= 4 is 40.9 Å². The topological polar surface area (TPSA) is 104 Å². The van der Waals surface area contributed by atoms with Crippen LogP contribution in [-0.2, 0) is 20.9 Å². The number of imide groups is 2. The van der Waals surface area contributed by atoms with Crippen molar-refractivity contribution in [2.45, 2.75) is 13.5 Å². The molecule has 0 unspecified atom stereocenters. The Morgan fingerprint density at radius 2 is 1.88 bits per heavy atom. The van der Waals surface area contributed by atoms with Crippen LogP contribution in [0.15, 0.2) is 24.8 Å². The quantitative estimate of drug-likeness (QED) is 0.335. The first-order valence-corrected chi connectivity index (χ1v) is 7.81. The first kappa shape index (κ1) is 17.5. The van der Waals surface area contributed by atoms with Crippen molar-refractivity contribution in [2.75, 3.05) is 13.1 Å². The number of thiophene rings is 1. The summed E-state index contributed by atoms with van der Waals surface area (Å²) in [7, 11) is 0. The van der Waals surface area contributed by atoms with Gasteiger partial charge >= 0.3 is 17.8 Å². The van der Waals surface area contributed by atoms with Crippen LogP contribution in [0.5, 0.6) is 0 Å². The third kappa shape index (κ3) is 3.57. The summed E-state index contributed by atoms with van der Waals surface area (Å²) in [6.07, 6.45) is 1.32. The van der Waals surface area contributed by atoms with E-state index >= 15 is 0 Å². The first-order valence-electron chi connectivity index (χ1n) is 6.99. The highest BCUT2D eigenvalue weighted by molar-refractivity contribution is 7.14. The lowest BCUT2D eigenvalue weighted by Gasteiger charge is -2.12. The number of carbonyl (C=O) groups is 5. The molecule has 1 fully saturated rings. The standard InChI is InChI=1S/C15H15N3O5S/c1-3-6-17-13(21)14(22)18(15(17)23)8-11(20)12-5-4-10(24-12)7-16-9(2)19/h3-5H,1,6-8H2,2H3,(H,16,19). The third-order valence-corrected chi connectivity index (χ3v) is 4.32. The Bertz CT molecular complexity index is 739. The summed E-state index contributed by atoms with van der Waals surface area (Å²) < 4.78 is 0. The minimum absolute atomic E-state index is 0.0893. The fourth-order valence-corrected chi connectivity index (χ4v) is 2.91. The van der Waals surface area contributed by atoms with E-state index in [1.165, 1.54) is 13.0 Å². The third-order valence-electron chi connectivity index (χ3n) is 3.20. The highest BCUT2D eigenvalue weighted by Crippen LogP contribution is 2.19. The molecule has 2 heterocycles. The van der Waals surface area contributed by atoms with Crippen LogP contribution < -0.4 is 5.32 Å². The fraction of sp³-hybridized carbons (Fsp3) is 0.267. The molecule has 1 aliphatic heterocycles. The Labute approximate surface area is 141 Å². The van der Waals surface area contributed by atoms with E-state index in [0.717, 1.165) is 21.1 Å². The Kier molecular flexibility index (Phi) is 5.24. The maximum absolute atomic E-state index is 12.2. The van der Waals surface area contributed by atoms with E-state index in [2.05, 4.69) is 11.9 Å². The lowest BCUT2D eigenvalue weighted by molar-refractivity contribution is -0.142. The zero-order valence-electron chi connectivity index (χ0n) is 12.9. The van der Waals surface area contributed by atoms with Crippen LogP contribution in [0, 0.1) is 0 Å². The smallest absolute Gasteiger partial charge is 0.334 e. The number of nitrogens with one attached hydrogen (secondary N) is 1. The Morgan fingerprint density at radius 3 is 2.50 bits per heavy atom. The number of amides is 5. The maximum Gasteiger partial charge on any atom is 0.334 e. The summed E-state index contributed by atoms with van der Waals surface area (Å²) in [6.45, 7) is 4.50. The van der Waals surface area contributed by atoms with Gasteiger partial charge in [-0.25, -0.2) is 9.69 Å². The van der Waals surface area contributed by atoms with E-state index in [4.69, 9.17) is 0 Å². The van der Waals surface area contributed by atoms with E-state index < -0.39 is 30.2 Å². The van der Waals surface area contributed by atoms with Gasteiger partial charge in [-0.15, -0.1) is 17.9 Å². The van der Waals surface area contributed by atoms with Crippen LogP contribution in [0.3, 0.4) is 0 Å². The van der Waals surface area contributed by atoms with Crippen LogP contribution in [0.25, 0.3) is 0 Å². The Balaban J connectivity index is 2.05. The van der Waals surface area contributed by atoms with Gasteiger partial charge in [0.15, 0.2) is 5.78 Å². The van der Waals surface area contributed by atoms with Crippen molar-refractivity contribution in [1.29, 1.82) is 0 Å². The molecule has 0 aromatic carbocycles. The Hall–Kier alpha value is -2.81. The van der Waals surface area contributed by atoms with Gasteiger partial charge in [-0.3, -0.25) is 24.1 Å². The molecule has 1 aromatic rings. The molecule has 2 rings (SSSR count). The van der Waals surface area contributed by atoms with Crippen molar-refractivity contribution < 1.29 is 24.0 Å². The molecule has 1 aromatic heterocycles. The summed E-state index contributed by atoms with van der Waals surface area (Å²) in [6, 6.07) is 2.41. The average molecular weight is 349 g/mol. The maximum atomic E-state index is 12.2. The number of ketones is 1. The molecule has 0 atom stereocenters. The van der Waals surface area contributed by atoms with Crippen molar-refractivity contribution in [3.8, 4) is 0 Å². The number of nitrogens with zero attached hydrogens (tertiary/aromatic N) is 2. The van der Waals surface area contributed by atoms with Gasteiger partial charge in [0.1, 0.15) is 0 Å². The predicted molar refractivity (Wildman–Crippen MR) is 85.2 cm³/mol. The molecule has 24 heavy (non-hydrogen) atoms. The lowest BCUT2D eigenvalue weighted by atomic mass is 10.3. The van der Waals surface area contributed by atoms with Gasteiger partial charge in [0.05, 0.1) is 18.0 Å². The van der Waals surface area contributed by atoms with E-state index in [9.17, 15) is 24.0 Å². The predicted octanol–water partition coefficient (Wildman–Crippen LogP) is 0.544. The van der Waals surface area contributed by atoms with Crippen molar-refractivity contribution in [3.05, 3.63) is 34.5 Å². The van der Waals surface area contributed by atoms with E-state index in [0.29, 0.717) is 16.3 Å². The van der Waals surface area contributed by atoms with Crippen LogP contribution >= 0.6 is 11.3 Å². The largest absolute Gasteiger partial charge is 0.351 e. The molecule has 1 saturated heterocycles. The number of hydrogen-bond acceptors (Lipinski definition) is 6. The highest BCUT2D eigenvalue weighted by atomic mass is 32.1. The van der Waals surface area contributed by atoms with Gasteiger partial charge in [-0.1, -0.05) is 6.08 Å². The number of rotatable bonds is 7. The van der Waals surface area contributed by atoms with Crippen molar-refractivity contribution in [1.82, 2.24) is 15.1 Å². The van der Waals surface area contributed by atoms with Crippen LogP contribution in [-0.4, -0.2) is 52.4 Å². The number of urea groups is 1. The molecule has 126 valence electrons. The van der Waals surface area contributed by atoms with Crippen LogP contribution in [0.4, 0.5) is 4.79 Å². The molecule has 0 spiro atoms. The average Bonchev–Trinajstić information content (AvgIpc) is 3.08. The molecule has 9 heteroatoms. The second-order valence-corrected chi connectivity index (χ2v) is 6.15. The van der Waals surface area contributed by atoms with Gasteiger partial charge in [-0.2, -0.15) is 0 Å². The molecule has 0 bridgehead atoms. The van der Waals surface area contributed by atoms with Crippen molar-refractivity contribution in [2.24, 2.45) is 0 Å². The highest BCUT2D eigenvalue weighted by Gasteiger charge is 2.44. The van der Waals surface area contributed by atoms with Crippen LogP contribution in [0.1, 0.15) is 21.5 Å². The van der Waals surface area contributed by atoms with Gasteiger partial charge in [0.25, 0.3) is 0 Å². The van der Waals surface area contributed by atoms with E-state index in [1.54, 1.807) is 12.1 Å². The lowest BCUT2D eigenvalue weighted by Crippen LogP contribution is -2.36. The zero-order chi connectivity index (χ0) is 17.9. The summed E-state index contributed by atoms with van der Waals surface area (Å²) >= 11 is 1.15. The molecular formula is C15H15N3O5S. The van der Waals surface area contributed by atoms with Gasteiger partial charge in [-0.05, 0) is 12.1 Å². The molecule has 8 nitrogen and oxygen atoms in total. The summed E-state index contributed by atoms with van der Waals surface area (Å²) in [5.41, 5.74) is 0. The van der Waals surface area contributed by atoms with Gasteiger partial charge in [0.2, 0.25) is 5.91 Å². The zero-order valence-corrected chi connectivity index (χ0v) is 13.7. The van der Waals surface area contributed by atoms with Crippen molar-refractivity contribution in [3.63, 3.8) is 0 Å². The molecule has 1 aliphatic rings. The van der Waals surface area contributed by atoms with E-state index in [1.807, 2.05) is 0 Å². The summed E-state index contributed by atoms with van der Waals surface area (Å²) in [5, 5.41) is 2.61. The normalized spacial score (nSPS) is 14.3. The second kappa shape index (κ2) is 7.18. The number of hydrogen-bond donors (Lipinski definition) is 1. The number of carbonyl (C=O) groups excluding carboxylic acids is 5. The minimum atomic E-state index is -1.02. The van der Waals surface area contributed by atoms with Gasteiger partial charge < -0.3 is 5.32 Å². The molecular weight excluding hydrogens is 334 g/mol. The fourth-order valence-electron chi connectivity index (χ4n) is 2.04. The SMILES string of the molecule is C=CCN1C(=O)C(=O)N(CC(=O)c2ccc(CNC(C)=O)s2)C1=O. The second-order valence-electron chi connectivity index (χ2n) is 4.98. The van der Waals surface area contributed by atoms with E-state index in [-0.39, 0.29) is 12.5 Å². The van der Waals surface area contributed by atoms with Crippen LogP contribution in [0.2, 0.25) is 0 Å². The Morgan fingerprint density at radius 1 is 1.21 bits per heavy atom. The van der Waals surface area contributed by atoms with Gasteiger partial charge in [0, 0.05) is 18.3 Å². The first-order chi connectivity index (χ1) is 11.3. The monoisotopic (exact) mass is 349 g/mol. The molecule has 0 saturated carbocycles. The molecule has 5 amide bonds. The molecule has 1 N–H and O–H groups in total.